The molecule has 0 bridgehead atoms. The van der Waals surface area contributed by atoms with Crippen molar-refractivity contribution in [1.29, 1.82) is 0 Å². The number of nitrogens with zero attached hydrogens (tertiary/aromatic N) is 1. The van der Waals surface area contributed by atoms with E-state index in [1.54, 1.807) is 18.2 Å². The second kappa shape index (κ2) is 8.67. The summed E-state index contributed by atoms with van der Waals surface area (Å²) in [7, 11) is 3.01. The maximum absolute atomic E-state index is 12.3. The van der Waals surface area contributed by atoms with Crippen LogP contribution in [-0.4, -0.2) is 48.4 Å². The summed E-state index contributed by atoms with van der Waals surface area (Å²) in [6.45, 7) is 1.65. The number of carboxylic acids is 1. The predicted molar refractivity (Wildman–Crippen MR) is 88.7 cm³/mol. The van der Waals surface area contributed by atoms with Gasteiger partial charge in [-0.2, -0.15) is 0 Å². The number of methoxy groups -OCH3 is 1. The molecule has 0 aliphatic heterocycles. The Morgan fingerprint density at radius 2 is 1.96 bits per heavy atom. The van der Waals surface area contributed by atoms with E-state index < -0.39 is 11.9 Å². The van der Waals surface area contributed by atoms with Gasteiger partial charge in [0.1, 0.15) is 5.75 Å². The van der Waals surface area contributed by atoms with Crippen LogP contribution in [0.2, 0.25) is 0 Å². The third-order valence-corrected chi connectivity index (χ3v) is 3.92. The van der Waals surface area contributed by atoms with Crippen LogP contribution in [-0.2, 0) is 9.59 Å². The fourth-order valence-electron chi connectivity index (χ4n) is 2.03. The van der Waals surface area contributed by atoms with Crippen molar-refractivity contribution >= 4 is 33.6 Å². The van der Waals surface area contributed by atoms with E-state index >= 15 is 0 Å². The number of carboxylic acid groups (broad SMARTS) is 1. The first-order chi connectivity index (χ1) is 10.8. The van der Waals surface area contributed by atoms with E-state index in [0.717, 1.165) is 4.47 Å². The van der Waals surface area contributed by atoms with E-state index in [9.17, 15) is 14.4 Å². The molecule has 0 saturated carbocycles. The summed E-state index contributed by atoms with van der Waals surface area (Å²) in [4.78, 5) is 36.4. The van der Waals surface area contributed by atoms with Gasteiger partial charge in [-0.3, -0.25) is 14.4 Å². The number of aliphatic carboxylic acids is 1. The Labute approximate surface area is 143 Å². The van der Waals surface area contributed by atoms with Gasteiger partial charge in [-0.15, -0.1) is 0 Å². The number of benzene rings is 1. The molecule has 6 nitrogen and oxygen atoms in total. The minimum absolute atomic E-state index is 0.0251. The number of ether oxygens (including phenoxy) is 1. The highest BCUT2D eigenvalue weighted by molar-refractivity contribution is 9.10. The van der Waals surface area contributed by atoms with Gasteiger partial charge in [0.25, 0.3) is 0 Å². The Kier molecular flexibility index (Phi) is 7.22. The van der Waals surface area contributed by atoms with Crippen molar-refractivity contribution in [2.75, 3.05) is 20.7 Å². The van der Waals surface area contributed by atoms with Gasteiger partial charge < -0.3 is 14.7 Å². The quantitative estimate of drug-likeness (QED) is 0.695. The van der Waals surface area contributed by atoms with Crippen LogP contribution in [0.3, 0.4) is 0 Å². The van der Waals surface area contributed by atoms with Gasteiger partial charge >= 0.3 is 5.97 Å². The van der Waals surface area contributed by atoms with Gasteiger partial charge in [0, 0.05) is 30.9 Å². The summed E-state index contributed by atoms with van der Waals surface area (Å²) in [5.74, 6) is -1.61. The zero-order chi connectivity index (χ0) is 17.6. The van der Waals surface area contributed by atoms with Crippen molar-refractivity contribution < 1.29 is 24.2 Å². The average molecular weight is 386 g/mol. The third kappa shape index (κ3) is 5.67. The molecule has 0 fully saturated rings. The van der Waals surface area contributed by atoms with Crippen LogP contribution in [0.5, 0.6) is 5.75 Å². The molecule has 0 spiro atoms. The molecule has 1 unspecified atom stereocenters. The number of hydrogen-bond donors (Lipinski definition) is 1. The third-order valence-electron chi connectivity index (χ3n) is 3.42. The zero-order valence-corrected chi connectivity index (χ0v) is 14.9. The van der Waals surface area contributed by atoms with Gasteiger partial charge in [0.05, 0.1) is 18.6 Å². The molecule has 1 N–H and O–H groups in total. The highest BCUT2D eigenvalue weighted by Gasteiger charge is 2.19. The zero-order valence-electron chi connectivity index (χ0n) is 13.3. The number of Topliss-reactive ketones (excluding diaryl/α,β-unsaturated/α-hetero) is 1. The summed E-state index contributed by atoms with van der Waals surface area (Å²) in [6.07, 6.45) is 0.0643. The van der Waals surface area contributed by atoms with Crippen LogP contribution >= 0.6 is 15.9 Å². The first-order valence-corrected chi connectivity index (χ1v) is 7.89. The van der Waals surface area contributed by atoms with Crippen LogP contribution in [0.1, 0.15) is 30.1 Å². The van der Waals surface area contributed by atoms with Gasteiger partial charge in [-0.25, -0.2) is 0 Å². The van der Waals surface area contributed by atoms with E-state index in [0.29, 0.717) is 11.3 Å². The fourth-order valence-corrected chi connectivity index (χ4v) is 2.40. The molecule has 1 aromatic carbocycles. The SMILES string of the molecule is COc1ccc(Br)cc1C(=O)CCC(=O)N(C)CC(C)C(=O)O. The largest absolute Gasteiger partial charge is 0.496 e. The van der Waals surface area contributed by atoms with Gasteiger partial charge in [0.2, 0.25) is 5.91 Å². The Hall–Kier alpha value is -1.89. The first-order valence-electron chi connectivity index (χ1n) is 7.09. The average Bonchev–Trinajstić information content (AvgIpc) is 2.51. The molecular formula is C16H20BrNO5. The number of halogens is 1. The summed E-state index contributed by atoms with van der Waals surface area (Å²) in [6, 6.07) is 5.10. The summed E-state index contributed by atoms with van der Waals surface area (Å²) in [5, 5.41) is 8.85. The van der Waals surface area contributed by atoms with Crippen LogP contribution in [0.4, 0.5) is 0 Å². The molecule has 0 aliphatic rings. The van der Waals surface area contributed by atoms with Crippen molar-refractivity contribution in [3.05, 3.63) is 28.2 Å². The number of carbonyl (C=O) groups excluding carboxylic acids is 2. The molecule has 1 aromatic rings. The standard InChI is InChI=1S/C16H20BrNO5/c1-10(16(21)22)9-18(2)15(20)7-5-13(19)12-8-11(17)4-6-14(12)23-3/h4,6,8,10H,5,7,9H2,1-3H3,(H,21,22). The topological polar surface area (TPSA) is 83.9 Å². The molecule has 0 heterocycles. The molecule has 1 amide bonds. The highest BCUT2D eigenvalue weighted by Crippen LogP contribution is 2.24. The molecule has 0 aromatic heterocycles. The normalized spacial score (nSPS) is 11.7. The number of hydrogen-bond acceptors (Lipinski definition) is 4. The van der Waals surface area contributed by atoms with Gasteiger partial charge in [0.15, 0.2) is 5.78 Å². The van der Waals surface area contributed by atoms with Crippen LogP contribution in [0.25, 0.3) is 0 Å². The Balaban J connectivity index is 2.64. The lowest BCUT2D eigenvalue weighted by Crippen LogP contribution is -2.33. The summed E-state index contributed by atoms with van der Waals surface area (Å²) >= 11 is 3.30. The van der Waals surface area contributed by atoms with E-state index in [1.807, 2.05) is 0 Å². The van der Waals surface area contributed by atoms with E-state index in [2.05, 4.69) is 15.9 Å². The molecule has 0 aliphatic carbocycles. The first kappa shape index (κ1) is 19.2. The van der Waals surface area contributed by atoms with E-state index in [-0.39, 0.29) is 31.1 Å². The number of amides is 1. The van der Waals surface area contributed by atoms with Crippen molar-refractivity contribution in [1.82, 2.24) is 4.90 Å². The number of ketones is 1. The lowest BCUT2D eigenvalue weighted by Gasteiger charge is -2.19. The smallest absolute Gasteiger partial charge is 0.308 e. The lowest BCUT2D eigenvalue weighted by molar-refractivity contribution is -0.142. The van der Waals surface area contributed by atoms with Gasteiger partial charge in [-0.1, -0.05) is 22.9 Å². The van der Waals surface area contributed by atoms with E-state index in [4.69, 9.17) is 9.84 Å². The summed E-state index contributed by atoms with van der Waals surface area (Å²) < 4.78 is 5.90. The summed E-state index contributed by atoms with van der Waals surface area (Å²) in [5.41, 5.74) is 0.413. The molecule has 7 heteroatoms. The highest BCUT2D eigenvalue weighted by atomic mass is 79.9. The van der Waals surface area contributed by atoms with Crippen LogP contribution < -0.4 is 4.74 Å². The molecule has 126 valence electrons. The van der Waals surface area contributed by atoms with Crippen LogP contribution in [0, 0.1) is 5.92 Å². The Bertz CT molecular complexity index is 602. The fraction of sp³-hybridized carbons (Fsp3) is 0.438. The second-order valence-electron chi connectivity index (χ2n) is 5.28. The van der Waals surface area contributed by atoms with Crippen molar-refractivity contribution in [2.45, 2.75) is 19.8 Å². The predicted octanol–water partition coefficient (Wildman–Crippen LogP) is 2.60. The van der Waals surface area contributed by atoms with Crippen molar-refractivity contribution in [3.8, 4) is 5.75 Å². The minimum Gasteiger partial charge on any atom is -0.496 e. The van der Waals surface area contributed by atoms with Gasteiger partial charge in [-0.05, 0) is 18.2 Å². The molecule has 0 saturated heterocycles. The van der Waals surface area contributed by atoms with E-state index in [1.165, 1.54) is 26.0 Å². The monoisotopic (exact) mass is 385 g/mol. The molecule has 1 atom stereocenters. The number of rotatable bonds is 8. The second-order valence-corrected chi connectivity index (χ2v) is 6.20. The Morgan fingerprint density at radius 1 is 1.30 bits per heavy atom. The van der Waals surface area contributed by atoms with Crippen molar-refractivity contribution in [2.24, 2.45) is 5.92 Å². The maximum atomic E-state index is 12.3. The lowest BCUT2D eigenvalue weighted by atomic mass is 10.0. The number of carbonyl (C=O) groups is 3. The Morgan fingerprint density at radius 3 is 2.52 bits per heavy atom. The molecule has 1 rings (SSSR count). The maximum Gasteiger partial charge on any atom is 0.308 e. The molecular weight excluding hydrogens is 366 g/mol. The minimum atomic E-state index is -0.959. The van der Waals surface area contributed by atoms with Crippen molar-refractivity contribution in [3.63, 3.8) is 0 Å². The van der Waals surface area contributed by atoms with Crippen LogP contribution in [0.15, 0.2) is 22.7 Å². The molecule has 23 heavy (non-hydrogen) atoms. The molecule has 0 radical (unpaired) electrons.